The number of esters is 1. The summed E-state index contributed by atoms with van der Waals surface area (Å²) in [5.74, 6) is -0.0736. The zero-order valence-electron chi connectivity index (χ0n) is 18.6. The molecule has 0 aromatic heterocycles. The van der Waals surface area contributed by atoms with Crippen LogP contribution in [0.25, 0.3) is 6.08 Å². The largest absolute Gasteiger partial charge is 0.497 e. The fourth-order valence-electron chi connectivity index (χ4n) is 2.74. The van der Waals surface area contributed by atoms with Gasteiger partial charge >= 0.3 is 11.7 Å². The van der Waals surface area contributed by atoms with Crippen molar-refractivity contribution in [3.8, 4) is 17.2 Å². The number of carbonyl (C=O) groups is 2. The molecule has 0 heterocycles. The number of rotatable bonds is 10. The molecule has 3 aromatic rings. The van der Waals surface area contributed by atoms with E-state index in [9.17, 15) is 19.7 Å². The van der Waals surface area contributed by atoms with Crippen LogP contribution in [0.1, 0.15) is 11.1 Å². The smallest absolute Gasteiger partial charge is 0.336 e. The van der Waals surface area contributed by atoms with Crippen LogP contribution in [0.5, 0.6) is 17.2 Å². The van der Waals surface area contributed by atoms with Crippen LogP contribution in [0.2, 0.25) is 0 Å². The minimum Gasteiger partial charge on any atom is -0.497 e. The third-order valence-corrected chi connectivity index (χ3v) is 4.45. The summed E-state index contributed by atoms with van der Waals surface area (Å²) in [6.45, 7) is -0.443. The number of nitro benzene ring substituents is 1. The minimum atomic E-state index is -0.594. The molecule has 0 unspecified atom stereocenters. The molecule has 1 N–H and O–H groups in total. The van der Waals surface area contributed by atoms with Crippen LogP contribution in [-0.4, -0.2) is 36.7 Å². The first-order valence-electron chi connectivity index (χ1n) is 10.3. The van der Waals surface area contributed by atoms with E-state index in [4.69, 9.17) is 14.2 Å². The molecule has 3 aromatic carbocycles. The topological polar surface area (TPSA) is 129 Å². The van der Waals surface area contributed by atoms with Gasteiger partial charge in [0, 0.05) is 12.1 Å². The Morgan fingerprint density at radius 2 is 1.63 bits per heavy atom. The zero-order chi connectivity index (χ0) is 25.0. The van der Waals surface area contributed by atoms with Crippen molar-refractivity contribution < 1.29 is 28.7 Å². The number of amides is 1. The molecule has 35 heavy (non-hydrogen) atoms. The summed E-state index contributed by atoms with van der Waals surface area (Å²) in [5.41, 5.74) is 3.49. The van der Waals surface area contributed by atoms with E-state index in [-0.39, 0.29) is 11.4 Å². The SMILES string of the molecule is COc1ccc(/C=C/C(=O)Oc2ccc(/C=N\NC(=O)COc3ccccc3[N+](=O)[O-])cc2)cc1. The predicted molar refractivity (Wildman–Crippen MR) is 128 cm³/mol. The Labute approximate surface area is 200 Å². The number of ether oxygens (including phenoxy) is 3. The molecule has 0 spiro atoms. The third kappa shape index (κ3) is 7.82. The van der Waals surface area contributed by atoms with Crippen molar-refractivity contribution in [3.63, 3.8) is 0 Å². The van der Waals surface area contributed by atoms with E-state index in [2.05, 4.69) is 10.5 Å². The van der Waals surface area contributed by atoms with Crippen LogP contribution in [-0.2, 0) is 9.59 Å². The monoisotopic (exact) mass is 475 g/mol. The average Bonchev–Trinajstić information content (AvgIpc) is 2.87. The molecule has 0 radical (unpaired) electrons. The van der Waals surface area contributed by atoms with Gasteiger partial charge in [-0.15, -0.1) is 0 Å². The Morgan fingerprint density at radius 3 is 2.31 bits per heavy atom. The van der Waals surface area contributed by atoms with E-state index in [1.165, 1.54) is 30.5 Å². The van der Waals surface area contributed by atoms with Gasteiger partial charge < -0.3 is 14.2 Å². The van der Waals surface area contributed by atoms with Crippen molar-refractivity contribution in [2.75, 3.05) is 13.7 Å². The maximum absolute atomic E-state index is 12.0. The zero-order valence-corrected chi connectivity index (χ0v) is 18.6. The van der Waals surface area contributed by atoms with Gasteiger partial charge in [-0.2, -0.15) is 5.10 Å². The van der Waals surface area contributed by atoms with Crippen LogP contribution < -0.4 is 19.6 Å². The lowest BCUT2D eigenvalue weighted by Crippen LogP contribution is -2.24. The van der Waals surface area contributed by atoms with E-state index in [0.29, 0.717) is 11.3 Å². The van der Waals surface area contributed by atoms with Gasteiger partial charge in [0.2, 0.25) is 0 Å². The molecule has 3 rings (SSSR count). The molecule has 0 aliphatic heterocycles. The Kier molecular flexibility index (Phi) is 8.66. The van der Waals surface area contributed by atoms with Gasteiger partial charge in [0.05, 0.1) is 18.2 Å². The van der Waals surface area contributed by atoms with Crippen LogP contribution >= 0.6 is 0 Å². The van der Waals surface area contributed by atoms with E-state index in [1.807, 2.05) is 12.1 Å². The first-order valence-corrected chi connectivity index (χ1v) is 10.3. The van der Waals surface area contributed by atoms with Crippen LogP contribution in [0, 0.1) is 10.1 Å². The summed E-state index contributed by atoms with van der Waals surface area (Å²) >= 11 is 0. The van der Waals surface area contributed by atoms with Gasteiger partial charge in [-0.05, 0) is 59.7 Å². The van der Waals surface area contributed by atoms with Gasteiger partial charge in [0.1, 0.15) is 11.5 Å². The van der Waals surface area contributed by atoms with Gasteiger partial charge in [-0.3, -0.25) is 14.9 Å². The molecule has 0 aliphatic rings. The molecule has 0 bridgehead atoms. The summed E-state index contributed by atoms with van der Waals surface area (Å²) in [6.07, 6.45) is 4.34. The highest BCUT2D eigenvalue weighted by Crippen LogP contribution is 2.25. The minimum absolute atomic E-state index is 0.0133. The molecular formula is C25H21N3O7. The molecule has 0 saturated heterocycles. The van der Waals surface area contributed by atoms with Crippen molar-refractivity contribution >= 4 is 29.9 Å². The maximum atomic E-state index is 12.0. The van der Waals surface area contributed by atoms with Crippen LogP contribution in [0.3, 0.4) is 0 Å². The Hall–Kier alpha value is -4.99. The van der Waals surface area contributed by atoms with Gasteiger partial charge in [0.15, 0.2) is 12.4 Å². The average molecular weight is 475 g/mol. The highest BCUT2D eigenvalue weighted by atomic mass is 16.6. The van der Waals surface area contributed by atoms with Gasteiger partial charge in [-0.1, -0.05) is 24.3 Å². The number of benzene rings is 3. The van der Waals surface area contributed by atoms with Crippen LogP contribution in [0.4, 0.5) is 5.69 Å². The summed E-state index contributed by atoms with van der Waals surface area (Å²) in [6, 6.07) is 19.4. The van der Waals surface area contributed by atoms with E-state index < -0.39 is 23.4 Å². The summed E-state index contributed by atoms with van der Waals surface area (Å²) < 4.78 is 15.5. The number of hydrogen-bond acceptors (Lipinski definition) is 8. The first kappa shape index (κ1) is 24.6. The second kappa shape index (κ2) is 12.3. The molecule has 0 fully saturated rings. The third-order valence-electron chi connectivity index (χ3n) is 4.45. The molecule has 178 valence electrons. The number of hydrogen-bond donors (Lipinski definition) is 1. The molecule has 10 nitrogen and oxygen atoms in total. The Bertz CT molecular complexity index is 1240. The number of carbonyl (C=O) groups excluding carboxylic acids is 2. The lowest BCUT2D eigenvalue weighted by Gasteiger charge is -2.05. The van der Waals surface area contributed by atoms with E-state index in [1.54, 1.807) is 55.7 Å². The standard InChI is InChI=1S/C25H21N3O7/c1-33-20-11-6-18(7-12-20)10-15-25(30)35-21-13-8-19(9-14-21)16-26-27-24(29)17-34-23-5-3-2-4-22(23)28(31)32/h2-16H,17H2,1H3,(H,27,29)/b15-10+,26-16-. The van der Waals surface area contributed by atoms with Gasteiger partial charge in [0.25, 0.3) is 5.91 Å². The number of methoxy groups -OCH3 is 1. The molecule has 10 heteroatoms. The highest BCUT2D eigenvalue weighted by molar-refractivity contribution is 5.89. The summed E-state index contributed by atoms with van der Waals surface area (Å²) in [7, 11) is 1.58. The molecule has 0 aliphatic carbocycles. The van der Waals surface area contributed by atoms with E-state index >= 15 is 0 Å². The molecule has 0 saturated carbocycles. The number of hydrazone groups is 1. The van der Waals surface area contributed by atoms with Crippen molar-refractivity contribution in [3.05, 3.63) is 100 Å². The number of nitro groups is 1. The number of nitrogens with one attached hydrogen (secondary N) is 1. The first-order chi connectivity index (χ1) is 16.9. The lowest BCUT2D eigenvalue weighted by atomic mass is 10.2. The Balaban J connectivity index is 1.45. The second-order valence-electron chi connectivity index (χ2n) is 6.90. The fourth-order valence-corrected chi connectivity index (χ4v) is 2.74. The van der Waals surface area contributed by atoms with Crippen molar-refractivity contribution in [1.29, 1.82) is 0 Å². The summed E-state index contributed by atoms with van der Waals surface area (Å²) in [5, 5.41) is 14.8. The maximum Gasteiger partial charge on any atom is 0.336 e. The highest BCUT2D eigenvalue weighted by Gasteiger charge is 2.14. The molecule has 1 amide bonds. The van der Waals surface area contributed by atoms with Crippen molar-refractivity contribution in [1.82, 2.24) is 5.43 Å². The van der Waals surface area contributed by atoms with Gasteiger partial charge in [-0.25, -0.2) is 10.2 Å². The molecular weight excluding hydrogens is 454 g/mol. The quantitative estimate of drug-likeness (QED) is 0.118. The predicted octanol–water partition coefficient (Wildman–Crippen LogP) is 3.75. The molecule has 0 atom stereocenters. The number of nitrogens with zero attached hydrogens (tertiary/aromatic N) is 2. The summed E-state index contributed by atoms with van der Waals surface area (Å²) in [4.78, 5) is 34.2. The fraction of sp³-hybridized carbons (Fsp3) is 0.0800. The van der Waals surface area contributed by atoms with Crippen LogP contribution in [0.15, 0.2) is 84.0 Å². The van der Waals surface area contributed by atoms with Crippen molar-refractivity contribution in [2.45, 2.75) is 0 Å². The number of para-hydroxylation sites is 2. The lowest BCUT2D eigenvalue weighted by molar-refractivity contribution is -0.385. The van der Waals surface area contributed by atoms with Crippen molar-refractivity contribution in [2.24, 2.45) is 5.10 Å². The second-order valence-corrected chi connectivity index (χ2v) is 6.90. The normalized spacial score (nSPS) is 10.8. The van der Waals surface area contributed by atoms with E-state index in [0.717, 1.165) is 11.3 Å². The Morgan fingerprint density at radius 1 is 0.971 bits per heavy atom.